The van der Waals surface area contributed by atoms with Crippen molar-refractivity contribution in [1.29, 1.82) is 0 Å². The van der Waals surface area contributed by atoms with Crippen LogP contribution in [0.1, 0.15) is 12.8 Å². The molecule has 0 atom stereocenters. The quantitative estimate of drug-likeness (QED) is 0.470. The Labute approximate surface area is 54.0 Å². The molecule has 0 radical (unpaired) electrons. The van der Waals surface area contributed by atoms with E-state index in [-0.39, 0.29) is 6.03 Å². The summed E-state index contributed by atoms with van der Waals surface area (Å²) in [4.78, 5) is 10.4. The van der Waals surface area contributed by atoms with Gasteiger partial charge in [-0.3, -0.25) is 5.01 Å². The highest BCUT2D eigenvalue weighted by Gasteiger charge is 2.11. The third kappa shape index (κ3) is 1.57. The Balaban J connectivity index is 2.31. The van der Waals surface area contributed by atoms with Crippen LogP contribution in [-0.2, 0) is 0 Å². The Morgan fingerprint density at radius 1 is 1.56 bits per heavy atom. The molecular weight excluding hydrogens is 118 g/mol. The first-order valence-corrected chi connectivity index (χ1v) is 3.11. The third-order valence-corrected chi connectivity index (χ3v) is 1.38. The van der Waals surface area contributed by atoms with Crippen LogP contribution >= 0.6 is 0 Å². The largest absolute Gasteiger partial charge is 0.350 e. The van der Waals surface area contributed by atoms with Gasteiger partial charge in [-0.1, -0.05) is 0 Å². The number of carbonyl (C=O) groups excluding carboxylic acids is 1. The predicted molar refractivity (Wildman–Crippen MR) is 33.5 cm³/mol. The molecule has 4 heteroatoms. The minimum Gasteiger partial charge on any atom is -0.350 e. The number of carbonyl (C=O) groups is 1. The number of hydrazine groups is 1. The highest BCUT2D eigenvalue weighted by Crippen LogP contribution is 1.97. The molecule has 2 amide bonds. The van der Waals surface area contributed by atoms with Gasteiger partial charge in [0.25, 0.3) is 0 Å². The summed E-state index contributed by atoms with van der Waals surface area (Å²) < 4.78 is 0. The molecule has 1 heterocycles. The van der Waals surface area contributed by atoms with Crippen molar-refractivity contribution in [2.24, 2.45) is 5.73 Å². The molecule has 1 saturated heterocycles. The van der Waals surface area contributed by atoms with E-state index in [1.54, 1.807) is 0 Å². The number of urea groups is 1. The summed E-state index contributed by atoms with van der Waals surface area (Å²) >= 11 is 0. The van der Waals surface area contributed by atoms with Crippen LogP contribution in [0, 0.1) is 0 Å². The molecule has 0 aliphatic carbocycles. The Hall–Kier alpha value is -0.770. The number of rotatable bonds is 0. The van der Waals surface area contributed by atoms with Gasteiger partial charge >= 0.3 is 6.03 Å². The fourth-order valence-corrected chi connectivity index (χ4v) is 0.876. The van der Waals surface area contributed by atoms with Gasteiger partial charge < -0.3 is 5.73 Å². The second-order valence-electron chi connectivity index (χ2n) is 2.11. The highest BCUT2D eigenvalue weighted by molar-refractivity contribution is 5.71. The van der Waals surface area contributed by atoms with Crippen LogP contribution in [0.5, 0.6) is 0 Å². The van der Waals surface area contributed by atoms with E-state index >= 15 is 0 Å². The zero-order chi connectivity index (χ0) is 6.69. The standard InChI is InChI=1S/C5H11N3O/c6-5(9)8-4-2-1-3-7-8/h7H,1-4H2,(H2,6,9). The van der Waals surface area contributed by atoms with E-state index in [0.29, 0.717) is 0 Å². The van der Waals surface area contributed by atoms with Crippen molar-refractivity contribution >= 4 is 6.03 Å². The van der Waals surface area contributed by atoms with Crippen LogP contribution in [-0.4, -0.2) is 24.1 Å². The molecule has 4 nitrogen and oxygen atoms in total. The van der Waals surface area contributed by atoms with E-state index in [1.807, 2.05) is 0 Å². The molecule has 3 N–H and O–H groups in total. The summed E-state index contributed by atoms with van der Waals surface area (Å²) in [5.74, 6) is 0. The number of primary amides is 1. The van der Waals surface area contributed by atoms with Crippen LogP contribution in [0.15, 0.2) is 0 Å². The number of amides is 2. The normalized spacial score (nSPS) is 19.8. The smallest absolute Gasteiger partial charge is 0.329 e. The second-order valence-corrected chi connectivity index (χ2v) is 2.11. The Morgan fingerprint density at radius 3 is 2.67 bits per heavy atom. The predicted octanol–water partition coefficient (Wildman–Crippen LogP) is -0.335. The second kappa shape index (κ2) is 2.68. The van der Waals surface area contributed by atoms with Crippen LogP contribution in [0.4, 0.5) is 4.79 Å². The first kappa shape index (κ1) is 6.35. The van der Waals surface area contributed by atoms with Crippen molar-refractivity contribution in [3.8, 4) is 0 Å². The minimum absolute atomic E-state index is 0.380. The number of hydrogen-bond acceptors (Lipinski definition) is 2. The molecule has 1 aliphatic rings. The molecule has 52 valence electrons. The molecule has 9 heavy (non-hydrogen) atoms. The average Bonchev–Trinajstić information content (AvgIpc) is 1.90. The van der Waals surface area contributed by atoms with E-state index in [2.05, 4.69) is 5.43 Å². The van der Waals surface area contributed by atoms with Crippen LogP contribution in [0.3, 0.4) is 0 Å². The fourth-order valence-electron chi connectivity index (χ4n) is 0.876. The third-order valence-electron chi connectivity index (χ3n) is 1.38. The van der Waals surface area contributed by atoms with Crippen LogP contribution in [0.25, 0.3) is 0 Å². The molecule has 0 aromatic carbocycles. The number of nitrogens with one attached hydrogen (secondary N) is 1. The maximum atomic E-state index is 10.4. The molecule has 0 saturated carbocycles. The topological polar surface area (TPSA) is 58.4 Å². The van der Waals surface area contributed by atoms with E-state index in [4.69, 9.17) is 5.73 Å². The Bertz CT molecular complexity index is 109. The van der Waals surface area contributed by atoms with E-state index in [0.717, 1.165) is 25.9 Å². The lowest BCUT2D eigenvalue weighted by molar-refractivity contribution is 0.162. The van der Waals surface area contributed by atoms with Gasteiger partial charge in [0.2, 0.25) is 0 Å². The molecule has 1 rings (SSSR count). The van der Waals surface area contributed by atoms with Gasteiger partial charge in [-0.2, -0.15) is 0 Å². The zero-order valence-corrected chi connectivity index (χ0v) is 5.26. The van der Waals surface area contributed by atoms with Crippen molar-refractivity contribution in [1.82, 2.24) is 10.4 Å². The lowest BCUT2D eigenvalue weighted by atomic mass is 10.3. The monoisotopic (exact) mass is 129 g/mol. The molecule has 0 spiro atoms. The molecule has 0 aromatic heterocycles. The summed E-state index contributed by atoms with van der Waals surface area (Å²) in [6.07, 6.45) is 2.18. The molecule has 1 fully saturated rings. The van der Waals surface area contributed by atoms with Gasteiger partial charge in [0.1, 0.15) is 0 Å². The summed E-state index contributed by atoms with van der Waals surface area (Å²) in [7, 11) is 0. The van der Waals surface area contributed by atoms with Crippen molar-refractivity contribution in [2.45, 2.75) is 12.8 Å². The van der Waals surface area contributed by atoms with E-state index in [1.165, 1.54) is 5.01 Å². The zero-order valence-electron chi connectivity index (χ0n) is 5.26. The summed E-state index contributed by atoms with van der Waals surface area (Å²) in [6.45, 7) is 1.61. The fraction of sp³-hybridized carbons (Fsp3) is 0.800. The summed E-state index contributed by atoms with van der Waals surface area (Å²) in [5.41, 5.74) is 7.87. The SMILES string of the molecule is NC(=O)N1CCCCN1. The van der Waals surface area contributed by atoms with Crippen molar-refractivity contribution < 1.29 is 4.79 Å². The first-order chi connectivity index (χ1) is 4.30. The summed E-state index contributed by atoms with van der Waals surface area (Å²) in [5, 5.41) is 1.45. The summed E-state index contributed by atoms with van der Waals surface area (Å²) in [6, 6.07) is -0.380. The lowest BCUT2D eigenvalue weighted by Gasteiger charge is -2.25. The van der Waals surface area contributed by atoms with Gasteiger partial charge in [-0.25, -0.2) is 10.2 Å². The van der Waals surface area contributed by atoms with Crippen molar-refractivity contribution in [3.63, 3.8) is 0 Å². The minimum atomic E-state index is -0.380. The Kier molecular flexibility index (Phi) is 1.89. The van der Waals surface area contributed by atoms with Crippen LogP contribution < -0.4 is 11.2 Å². The molecular formula is C5H11N3O. The number of hydrogen-bond donors (Lipinski definition) is 2. The van der Waals surface area contributed by atoms with Crippen molar-refractivity contribution in [3.05, 3.63) is 0 Å². The van der Waals surface area contributed by atoms with Gasteiger partial charge in [0.05, 0.1) is 0 Å². The van der Waals surface area contributed by atoms with E-state index < -0.39 is 0 Å². The van der Waals surface area contributed by atoms with Crippen molar-refractivity contribution in [2.75, 3.05) is 13.1 Å². The number of nitrogens with zero attached hydrogens (tertiary/aromatic N) is 1. The average molecular weight is 129 g/mol. The Morgan fingerprint density at radius 2 is 2.33 bits per heavy atom. The molecule has 0 bridgehead atoms. The first-order valence-electron chi connectivity index (χ1n) is 3.11. The lowest BCUT2D eigenvalue weighted by Crippen LogP contribution is -2.49. The maximum absolute atomic E-state index is 10.4. The van der Waals surface area contributed by atoms with Gasteiger partial charge in [0.15, 0.2) is 0 Å². The van der Waals surface area contributed by atoms with Gasteiger partial charge in [-0.05, 0) is 12.8 Å². The molecule has 1 aliphatic heterocycles. The highest BCUT2D eigenvalue weighted by atomic mass is 16.2. The van der Waals surface area contributed by atoms with E-state index in [9.17, 15) is 4.79 Å². The molecule has 0 unspecified atom stereocenters. The van der Waals surface area contributed by atoms with Gasteiger partial charge in [-0.15, -0.1) is 0 Å². The number of nitrogens with two attached hydrogens (primary N) is 1. The maximum Gasteiger partial charge on any atom is 0.329 e. The van der Waals surface area contributed by atoms with Crippen LogP contribution in [0.2, 0.25) is 0 Å². The van der Waals surface area contributed by atoms with Gasteiger partial charge in [0, 0.05) is 13.1 Å². The molecule has 0 aromatic rings.